The number of hydrogen-bond donors (Lipinski definition) is 2. The molecule has 0 aliphatic rings. The zero-order valence-electron chi connectivity index (χ0n) is 10.3. The Bertz CT molecular complexity index is 319. The SMILES string of the molecule is CNC(CC(C)(C)CN)c1ccc(Cl)cc1. The van der Waals surface area contributed by atoms with Crippen LogP contribution in [0, 0.1) is 5.41 Å². The van der Waals surface area contributed by atoms with E-state index in [1.807, 2.05) is 19.2 Å². The Morgan fingerprint density at radius 1 is 1.31 bits per heavy atom. The predicted molar refractivity (Wildman–Crippen MR) is 70.7 cm³/mol. The van der Waals surface area contributed by atoms with E-state index in [-0.39, 0.29) is 5.41 Å². The fourth-order valence-corrected chi connectivity index (χ4v) is 1.84. The second-order valence-corrected chi connectivity index (χ2v) is 5.40. The molecule has 0 spiro atoms. The van der Waals surface area contributed by atoms with Crippen LogP contribution in [0.25, 0.3) is 0 Å². The maximum atomic E-state index is 5.88. The Morgan fingerprint density at radius 3 is 2.31 bits per heavy atom. The second-order valence-electron chi connectivity index (χ2n) is 4.97. The van der Waals surface area contributed by atoms with Gasteiger partial charge in [-0.1, -0.05) is 37.6 Å². The molecule has 1 rings (SSSR count). The third-order valence-corrected chi connectivity index (χ3v) is 3.18. The van der Waals surface area contributed by atoms with Gasteiger partial charge in [-0.25, -0.2) is 0 Å². The van der Waals surface area contributed by atoms with Gasteiger partial charge in [0.15, 0.2) is 0 Å². The first-order valence-electron chi connectivity index (χ1n) is 5.61. The van der Waals surface area contributed by atoms with Crippen LogP contribution in [-0.4, -0.2) is 13.6 Å². The molecule has 0 fully saturated rings. The van der Waals surface area contributed by atoms with Crippen molar-refractivity contribution in [2.75, 3.05) is 13.6 Å². The quantitative estimate of drug-likeness (QED) is 0.831. The first-order chi connectivity index (χ1) is 7.48. The maximum Gasteiger partial charge on any atom is 0.0406 e. The van der Waals surface area contributed by atoms with Crippen LogP contribution in [0.4, 0.5) is 0 Å². The summed E-state index contributed by atoms with van der Waals surface area (Å²) >= 11 is 5.88. The molecule has 1 aromatic carbocycles. The smallest absolute Gasteiger partial charge is 0.0406 e. The van der Waals surface area contributed by atoms with Crippen molar-refractivity contribution in [1.82, 2.24) is 5.32 Å². The van der Waals surface area contributed by atoms with E-state index in [1.165, 1.54) is 5.56 Å². The van der Waals surface area contributed by atoms with Crippen molar-refractivity contribution in [3.05, 3.63) is 34.9 Å². The summed E-state index contributed by atoms with van der Waals surface area (Å²) in [6, 6.07) is 8.32. The Labute approximate surface area is 103 Å². The van der Waals surface area contributed by atoms with E-state index in [4.69, 9.17) is 17.3 Å². The molecule has 0 saturated carbocycles. The van der Waals surface area contributed by atoms with Crippen molar-refractivity contribution < 1.29 is 0 Å². The first kappa shape index (κ1) is 13.5. The highest BCUT2D eigenvalue weighted by Gasteiger charge is 2.21. The second kappa shape index (κ2) is 5.67. The van der Waals surface area contributed by atoms with Gasteiger partial charge in [-0.2, -0.15) is 0 Å². The van der Waals surface area contributed by atoms with Crippen molar-refractivity contribution in [2.24, 2.45) is 11.1 Å². The summed E-state index contributed by atoms with van der Waals surface area (Å²) in [5.74, 6) is 0. The van der Waals surface area contributed by atoms with E-state index in [1.54, 1.807) is 0 Å². The molecule has 90 valence electrons. The van der Waals surface area contributed by atoms with Gasteiger partial charge in [-0.05, 0) is 43.1 Å². The molecule has 0 amide bonds. The van der Waals surface area contributed by atoms with Crippen LogP contribution in [0.3, 0.4) is 0 Å². The molecule has 0 heterocycles. The molecule has 1 atom stereocenters. The lowest BCUT2D eigenvalue weighted by Gasteiger charge is -2.28. The summed E-state index contributed by atoms with van der Waals surface area (Å²) in [6.45, 7) is 5.07. The van der Waals surface area contributed by atoms with Crippen LogP contribution < -0.4 is 11.1 Å². The Balaban J connectivity index is 2.78. The highest BCUT2D eigenvalue weighted by Crippen LogP contribution is 2.29. The van der Waals surface area contributed by atoms with Crippen LogP contribution in [0.1, 0.15) is 31.9 Å². The van der Waals surface area contributed by atoms with Gasteiger partial charge in [-0.3, -0.25) is 0 Å². The van der Waals surface area contributed by atoms with Gasteiger partial charge < -0.3 is 11.1 Å². The average Bonchev–Trinajstić information content (AvgIpc) is 2.27. The van der Waals surface area contributed by atoms with Gasteiger partial charge in [0.05, 0.1) is 0 Å². The summed E-state index contributed by atoms with van der Waals surface area (Å²) in [4.78, 5) is 0. The lowest BCUT2D eigenvalue weighted by atomic mass is 9.83. The fourth-order valence-electron chi connectivity index (χ4n) is 1.72. The Kier molecular flexibility index (Phi) is 4.78. The topological polar surface area (TPSA) is 38.0 Å². The molecule has 3 heteroatoms. The number of benzene rings is 1. The van der Waals surface area contributed by atoms with E-state index in [0.29, 0.717) is 12.6 Å². The number of rotatable bonds is 5. The van der Waals surface area contributed by atoms with E-state index >= 15 is 0 Å². The van der Waals surface area contributed by atoms with Gasteiger partial charge in [0, 0.05) is 11.1 Å². The zero-order chi connectivity index (χ0) is 12.2. The van der Waals surface area contributed by atoms with Gasteiger partial charge >= 0.3 is 0 Å². The highest BCUT2D eigenvalue weighted by atomic mass is 35.5. The minimum atomic E-state index is 0.146. The number of halogens is 1. The molecule has 0 radical (unpaired) electrons. The normalized spacial score (nSPS) is 13.8. The molecule has 2 nitrogen and oxygen atoms in total. The molecule has 0 saturated heterocycles. The highest BCUT2D eigenvalue weighted by molar-refractivity contribution is 6.30. The Morgan fingerprint density at radius 2 is 1.88 bits per heavy atom. The van der Waals surface area contributed by atoms with E-state index in [0.717, 1.165) is 11.4 Å². The van der Waals surface area contributed by atoms with Crippen LogP contribution in [0.2, 0.25) is 5.02 Å². The molecule has 0 bridgehead atoms. The summed E-state index contributed by atoms with van der Waals surface area (Å²) < 4.78 is 0. The summed E-state index contributed by atoms with van der Waals surface area (Å²) in [6.07, 6.45) is 1.02. The minimum absolute atomic E-state index is 0.146. The number of nitrogens with one attached hydrogen (secondary N) is 1. The fraction of sp³-hybridized carbons (Fsp3) is 0.538. The van der Waals surface area contributed by atoms with Crippen molar-refractivity contribution in [3.63, 3.8) is 0 Å². The summed E-state index contributed by atoms with van der Waals surface area (Å²) in [5, 5.41) is 4.10. The van der Waals surface area contributed by atoms with Gasteiger partial charge in [-0.15, -0.1) is 0 Å². The molecule has 16 heavy (non-hydrogen) atoms. The monoisotopic (exact) mass is 240 g/mol. The van der Waals surface area contributed by atoms with Gasteiger partial charge in [0.2, 0.25) is 0 Å². The third-order valence-electron chi connectivity index (χ3n) is 2.93. The lowest BCUT2D eigenvalue weighted by molar-refractivity contribution is 0.299. The van der Waals surface area contributed by atoms with Crippen LogP contribution >= 0.6 is 11.6 Å². The van der Waals surface area contributed by atoms with Gasteiger partial charge in [0.1, 0.15) is 0 Å². The van der Waals surface area contributed by atoms with E-state index in [2.05, 4.69) is 31.3 Å². The largest absolute Gasteiger partial charge is 0.330 e. The Hall–Kier alpha value is -0.570. The number of nitrogens with two attached hydrogens (primary N) is 1. The zero-order valence-corrected chi connectivity index (χ0v) is 11.0. The molecule has 1 aromatic rings. The standard InChI is InChI=1S/C13H21ClN2/c1-13(2,9-15)8-12(16-3)10-4-6-11(14)7-5-10/h4-7,12,16H,8-9,15H2,1-3H3. The first-order valence-corrected chi connectivity index (χ1v) is 5.99. The lowest BCUT2D eigenvalue weighted by Crippen LogP contribution is -2.30. The van der Waals surface area contributed by atoms with E-state index in [9.17, 15) is 0 Å². The molecule has 1 unspecified atom stereocenters. The molecular weight excluding hydrogens is 220 g/mol. The molecule has 0 aromatic heterocycles. The minimum Gasteiger partial charge on any atom is -0.330 e. The summed E-state index contributed by atoms with van der Waals surface area (Å²) in [7, 11) is 1.98. The van der Waals surface area contributed by atoms with E-state index < -0.39 is 0 Å². The maximum absolute atomic E-state index is 5.88. The molecular formula is C13H21ClN2. The van der Waals surface area contributed by atoms with Crippen molar-refractivity contribution >= 4 is 11.6 Å². The number of hydrogen-bond acceptors (Lipinski definition) is 2. The molecule has 3 N–H and O–H groups in total. The van der Waals surface area contributed by atoms with Crippen molar-refractivity contribution in [1.29, 1.82) is 0 Å². The van der Waals surface area contributed by atoms with Crippen LogP contribution in [-0.2, 0) is 0 Å². The van der Waals surface area contributed by atoms with Crippen molar-refractivity contribution in [3.8, 4) is 0 Å². The van der Waals surface area contributed by atoms with Crippen molar-refractivity contribution in [2.45, 2.75) is 26.3 Å². The molecule has 0 aliphatic carbocycles. The molecule has 0 aliphatic heterocycles. The van der Waals surface area contributed by atoms with Gasteiger partial charge in [0.25, 0.3) is 0 Å². The summed E-state index contributed by atoms with van der Waals surface area (Å²) in [5.41, 5.74) is 7.17. The predicted octanol–water partition coefficient (Wildman–Crippen LogP) is 2.98. The average molecular weight is 241 g/mol. The third kappa shape index (κ3) is 3.78. The van der Waals surface area contributed by atoms with Crippen LogP contribution in [0.15, 0.2) is 24.3 Å². The van der Waals surface area contributed by atoms with Crippen LogP contribution in [0.5, 0.6) is 0 Å².